The highest BCUT2D eigenvalue weighted by molar-refractivity contribution is 6.08. The zero-order chi connectivity index (χ0) is 29.1. The van der Waals surface area contributed by atoms with Crippen LogP contribution in [0.2, 0.25) is 0 Å². The fourth-order valence-electron chi connectivity index (χ4n) is 4.34. The summed E-state index contributed by atoms with van der Waals surface area (Å²) in [5, 5.41) is 13.8. The third kappa shape index (κ3) is 5.61. The molecule has 0 aliphatic carbocycles. The number of carbonyl (C=O) groups excluding carboxylic acids is 1. The largest absolute Gasteiger partial charge is 0.506 e. The molecule has 0 saturated heterocycles. The zero-order valence-electron chi connectivity index (χ0n) is 22.2. The van der Waals surface area contributed by atoms with Gasteiger partial charge in [-0.2, -0.15) is 0 Å². The third-order valence-corrected chi connectivity index (χ3v) is 6.23. The predicted octanol–water partition coefficient (Wildman–Crippen LogP) is 6.18. The Morgan fingerprint density at radius 2 is 1.78 bits per heavy atom. The van der Waals surface area contributed by atoms with Crippen LogP contribution >= 0.6 is 0 Å². The van der Waals surface area contributed by atoms with Crippen LogP contribution < -0.4 is 14.8 Å². The quantitative estimate of drug-likeness (QED) is 0.232. The molecule has 5 aromatic rings. The number of benzene rings is 2. The smallest absolute Gasteiger partial charge is 0.261 e. The van der Waals surface area contributed by atoms with Gasteiger partial charge in [-0.05, 0) is 36.8 Å². The first-order valence-corrected chi connectivity index (χ1v) is 12.3. The van der Waals surface area contributed by atoms with E-state index in [-0.39, 0.29) is 46.4 Å². The van der Waals surface area contributed by atoms with Crippen molar-refractivity contribution in [1.29, 1.82) is 0 Å². The van der Waals surface area contributed by atoms with Gasteiger partial charge in [0.1, 0.15) is 28.4 Å². The number of fused-ring (bicyclic) bond motifs is 1. The standard InChI is InChI=1S/C30H24F2N4O5/c1-16-26(17-4-6-18(31)7-5-17)29(37)27(23(35-16)15-39-2)30(38)36-19-8-9-24(21(32)12-19)41-25-10-11-33-22-13-20(40-3)14-34-28(22)25/h4-14H,15H2,1-3H3,(H,35,37)(H,36,38). The highest BCUT2D eigenvalue weighted by Crippen LogP contribution is 2.37. The lowest BCUT2D eigenvalue weighted by Crippen LogP contribution is -2.17. The van der Waals surface area contributed by atoms with E-state index in [2.05, 4.69) is 20.3 Å². The molecule has 1 amide bonds. The number of aryl methyl sites for hydroxylation is 1. The number of aromatic nitrogens is 3. The summed E-state index contributed by atoms with van der Waals surface area (Å²) in [6, 6.07) is 12.6. The van der Waals surface area contributed by atoms with Crippen LogP contribution in [0.1, 0.15) is 21.7 Å². The Morgan fingerprint density at radius 1 is 1.00 bits per heavy atom. The lowest BCUT2D eigenvalue weighted by Gasteiger charge is -2.17. The van der Waals surface area contributed by atoms with Crippen molar-refractivity contribution in [2.75, 3.05) is 19.5 Å². The molecule has 0 fully saturated rings. The number of nitrogens with one attached hydrogen (secondary N) is 1. The molecule has 41 heavy (non-hydrogen) atoms. The molecule has 0 radical (unpaired) electrons. The number of hydrogen-bond acceptors (Lipinski definition) is 8. The highest BCUT2D eigenvalue weighted by atomic mass is 19.1. The molecule has 2 N–H and O–H groups in total. The normalized spacial score (nSPS) is 11.0. The van der Waals surface area contributed by atoms with Crippen LogP contribution in [-0.4, -0.2) is 40.2 Å². The van der Waals surface area contributed by atoms with Gasteiger partial charge in [0.2, 0.25) is 0 Å². The third-order valence-electron chi connectivity index (χ3n) is 6.23. The number of rotatable bonds is 8. The van der Waals surface area contributed by atoms with Gasteiger partial charge >= 0.3 is 0 Å². The van der Waals surface area contributed by atoms with Gasteiger partial charge in [0, 0.05) is 48.5 Å². The Morgan fingerprint density at radius 3 is 2.49 bits per heavy atom. The second kappa shape index (κ2) is 11.5. The van der Waals surface area contributed by atoms with Gasteiger partial charge in [0.05, 0.1) is 31.1 Å². The number of hydrogen-bond donors (Lipinski definition) is 2. The summed E-state index contributed by atoms with van der Waals surface area (Å²) in [5.74, 6) is -1.61. The number of nitrogens with zero attached hydrogens (tertiary/aromatic N) is 3. The van der Waals surface area contributed by atoms with Crippen molar-refractivity contribution >= 4 is 22.6 Å². The van der Waals surface area contributed by atoms with E-state index in [1.54, 1.807) is 19.1 Å². The molecule has 0 aliphatic rings. The summed E-state index contributed by atoms with van der Waals surface area (Å²) < 4.78 is 44.7. The molecular weight excluding hydrogens is 534 g/mol. The first-order valence-electron chi connectivity index (χ1n) is 12.3. The van der Waals surface area contributed by atoms with E-state index in [1.165, 1.54) is 63.0 Å². The van der Waals surface area contributed by atoms with Gasteiger partial charge < -0.3 is 24.6 Å². The average Bonchev–Trinajstić information content (AvgIpc) is 2.95. The monoisotopic (exact) mass is 558 g/mol. The molecule has 3 heterocycles. The summed E-state index contributed by atoms with van der Waals surface area (Å²) in [6.07, 6.45) is 3.01. The summed E-state index contributed by atoms with van der Waals surface area (Å²) in [6.45, 7) is 1.59. The molecule has 9 nitrogen and oxygen atoms in total. The van der Waals surface area contributed by atoms with Gasteiger partial charge in [-0.1, -0.05) is 12.1 Å². The number of halogens is 2. The van der Waals surface area contributed by atoms with Gasteiger partial charge in [0.25, 0.3) is 5.91 Å². The SMILES string of the molecule is COCc1nc(C)c(-c2ccc(F)cc2)c(O)c1C(=O)Nc1ccc(Oc2ccnc3cc(OC)cnc23)c(F)c1. The van der Waals surface area contributed by atoms with Gasteiger partial charge in [-0.3, -0.25) is 14.8 Å². The number of amides is 1. The number of aromatic hydroxyl groups is 1. The summed E-state index contributed by atoms with van der Waals surface area (Å²) >= 11 is 0. The van der Waals surface area contributed by atoms with Crippen molar-refractivity contribution in [2.45, 2.75) is 13.5 Å². The molecule has 11 heteroatoms. The Labute approximate surface area is 233 Å². The van der Waals surface area contributed by atoms with Crippen molar-refractivity contribution in [2.24, 2.45) is 0 Å². The Hall–Kier alpha value is -5.16. The molecule has 208 valence electrons. The number of anilines is 1. The van der Waals surface area contributed by atoms with E-state index in [1.807, 2.05) is 0 Å². The molecule has 0 bridgehead atoms. The Balaban J connectivity index is 1.43. The minimum atomic E-state index is -0.753. The molecule has 5 rings (SSSR count). The number of pyridine rings is 3. The molecule has 3 aromatic heterocycles. The van der Waals surface area contributed by atoms with E-state index < -0.39 is 17.5 Å². The molecule has 0 aliphatic heterocycles. The predicted molar refractivity (Wildman–Crippen MR) is 147 cm³/mol. The van der Waals surface area contributed by atoms with Gasteiger partial charge in [0.15, 0.2) is 17.3 Å². The van der Waals surface area contributed by atoms with Crippen LogP contribution in [0.5, 0.6) is 23.0 Å². The van der Waals surface area contributed by atoms with Crippen LogP contribution in [0.4, 0.5) is 14.5 Å². The molecule has 2 aromatic carbocycles. The van der Waals surface area contributed by atoms with Crippen molar-refractivity contribution in [3.8, 4) is 34.1 Å². The van der Waals surface area contributed by atoms with Crippen molar-refractivity contribution in [3.63, 3.8) is 0 Å². The van der Waals surface area contributed by atoms with E-state index in [0.29, 0.717) is 28.0 Å². The van der Waals surface area contributed by atoms with Crippen molar-refractivity contribution < 1.29 is 32.9 Å². The molecule has 0 saturated carbocycles. The van der Waals surface area contributed by atoms with Crippen LogP contribution in [-0.2, 0) is 11.3 Å². The minimum Gasteiger partial charge on any atom is -0.506 e. The zero-order valence-corrected chi connectivity index (χ0v) is 22.2. The van der Waals surface area contributed by atoms with E-state index in [0.717, 1.165) is 6.07 Å². The maximum atomic E-state index is 15.1. The maximum absolute atomic E-state index is 15.1. The lowest BCUT2D eigenvalue weighted by molar-refractivity contribution is 0.101. The Kier molecular flexibility index (Phi) is 7.70. The van der Waals surface area contributed by atoms with E-state index in [9.17, 15) is 14.3 Å². The first kappa shape index (κ1) is 27.4. The second-order valence-corrected chi connectivity index (χ2v) is 8.94. The van der Waals surface area contributed by atoms with Crippen LogP contribution in [0.3, 0.4) is 0 Å². The van der Waals surface area contributed by atoms with Crippen molar-refractivity contribution in [3.05, 3.63) is 95.6 Å². The molecule has 0 spiro atoms. The fraction of sp³-hybridized carbons (Fsp3) is 0.133. The first-order chi connectivity index (χ1) is 19.8. The second-order valence-electron chi connectivity index (χ2n) is 8.94. The topological polar surface area (TPSA) is 116 Å². The minimum absolute atomic E-state index is 0.0677. The van der Waals surface area contributed by atoms with E-state index in [4.69, 9.17) is 14.2 Å². The Bertz CT molecular complexity index is 1760. The average molecular weight is 559 g/mol. The van der Waals surface area contributed by atoms with Crippen LogP contribution in [0.25, 0.3) is 22.2 Å². The lowest BCUT2D eigenvalue weighted by atomic mass is 9.98. The van der Waals surface area contributed by atoms with E-state index >= 15 is 4.39 Å². The summed E-state index contributed by atoms with van der Waals surface area (Å²) in [7, 11) is 2.94. The molecular formula is C30H24F2N4O5. The number of methoxy groups -OCH3 is 2. The summed E-state index contributed by atoms with van der Waals surface area (Å²) in [5.41, 5.74) is 2.20. The van der Waals surface area contributed by atoms with Gasteiger partial charge in [-0.25, -0.2) is 13.8 Å². The molecule has 0 unspecified atom stereocenters. The maximum Gasteiger partial charge on any atom is 0.261 e. The molecule has 0 atom stereocenters. The van der Waals surface area contributed by atoms with Crippen LogP contribution in [0, 0.1) is 18.6 Å². The van der Waals surface area contributed by atoms with Gasteiger partial charge in [-0.15, -0.1) is 0 Å². The highest BCUT2D eigenvalue weighted by Gasteiger charge is 2.24. The number of ether oxygens (including phenoxy) is 3. The fourth-order valence-corrected chi connectivity index (χ4v) is 4.34. The number of carbonyl (C=O) groups is 1. The van der Waals surface area contributed by atoms with Crippen molar-refractivity contribution in [1.82, 2.24) is 15.0 Å². The van der Waals surface area contributed by atoms with Crippen LogP contribution in [0.15, 0.2) is 67.0 Å². The summed E-state index contributed by atoms with van der Waals surface area (Å²) in [4.78, 5) is 26.3.